The average Bonchev–Trinajstić information content (AvgIpc) is 2.66. The summed E-state index contributed by atoms with van der Waals surface area (Å²) in [6, 6.07) is 4.58. The molecule has 0 aromatic heterocycles. The molecule has 1 aromatic rings. The summed E-state index contributed by atoms with van der Waals surface area (Å²) in [6.45, 7) is 9.73. The first-order chi connectivity index (χ1) is 14.1. The van der Waals surface area contributed by atoms with Gasteiger partial charge in [0.15, 0.2) is 15.8 Å². The Balaban J connectivity index is 1.98. The number of aliphatic imine (C=N–C) groups is 1. The van der Waals surface area contributed by atoms with Gasteiger partial charge in [0.2, 0.25) is 0 Å². The van der Waals surface area contributed by atoms with Crippen LogP contribution in [-0.4, -0.2) is 83.3 Å². The zero-order valence-corrected chi connectivity index (χ0v) is 19.6. The molecule has 2 rings (SSSR count). The van der Waals surface area contributed by atoms with Gasteiger partial charge in [-0.3, -0.25) is 9.89 Å². The minimum atomic E-state index is -3.21. The first kappa shape index (κ1) is 24.6. The maximum atomic E-state index is 13.7. The van der Waals surface area contributed by atoms with Crippen molar-refractivity contribution in [1.29, 1.82) is 0 Å². The van der Waals surface area contributed by atoms with Gasteiger partial charge in [0, 0.05) is 58.6 Å². The molecule has 0 spiro atoms. The first-order valence-corrected chi connectivity index (χ1v) is 12.5. The minimum absolute atomic E-state index is 0.116. The molecule has 0 saturated carbocycles. The third-order valence-electron chi connectivity index (χ3n) is 5.51. The molecule has 30 heavy (non-hydrogen) atoms. The summed E-state index contributed by atoms with van der Waals surface area (Å²) in [5, 5.41) is 6.58. The van der Waals surface area contributed by atoms with Crippen molar-refractivity contribution in [1.82, 2.24) is 20.4 Å². The van der Waals surface area contributed by atoms with Crippen LogP contribution >= 0.6 is 0 Å². The van der Waals surface area contributed by atoms with Crippen LogP contribution < -0.4 is 10.6 Å². The molecular formula is C21H36FN5O2S. The standard InChI is InChI=1S/C21H36FN5O2S/c1-16(2)20(27-10-8-26(4)9-11-27)14-25-21(23-3)24-13-18-12-19(22)7-6-17(18)15-30(5,28)29/h6-7,12,16,20H,8-11,13-15H2,1-5H3,(H2,23,24,25). The predicted octanol–water partition coefficient (Wildman–Crippen LogP) is 1.31. The van der Waals surface area contributed by atoms with E-state index in [0.717, 1.165) is 32.7 Å². The molecule has 0 aliphatic carbocycles. The SMILES string of the molecule is CN=C(NCc1cc(F)ccc1CS(C)(=O)=O)NCC(C(C)C)N1CCN(C)CC1. The number of piperazine rings is 1. The van der Waals surface area contributed by atoms with E-state index in [0.29, 0.717) is 35.6 Å². The number of benzene rings is 1. The van der Waals surface area contributed by atoms with Crippen molar-refractivity contribution in [2.45, 2.75) is 32.2 Å². The Morgan fingerprint density at radius 3 is 2.40 bits per heavy atom. The second-order valence-electron chi connectivity index (χ2n) is 8.44. The molecule has 0 radical (unpaired) electrons. The smallest absolute Gasteiger partial charge is 0.191 e. The van der Waals surface area contributed by atoms with Crippen LogP contribution in [-0.2, 0) is 22.1 Å². The molecular weight excluding hydrogens is 405 g/mol. The highest BCUT2D eigenvalue weighted by Crippen LogP contribution is 2.15. The lowest BCUT2D eigenvalue weighted by atomic mass is 10.0. The Bertz CT molecular complexity index is 821. The van der Waals surface area contributed by atoms with Crippen LogP contribution in [0.4, 0.5) is 4.39 Å². The van der Waals surface area contributed by atoms with Crippen LogP contribution in [0.5, 0.6) is 0 Å². The average molecular weight is 442 g/mol. The lowest BCUT2D eigenvalue weighted by Crippen LogP contribution is -2.55. The number of guanidine groups is 1. The highest BCUT2D eigenvalue weighted by Gasteiger charge is 2.25. The van der Waals surface area contributed by atoms with E-state index in [1.165, 1.54) is 24.5 Å². The van der Waals surface area contributed by atoms with Gasteiger partial charge in [-0.05, 0) is 36.2 Å². The topological polar surface area (TPSA) is 77.0 Å². The van der Waals surface area contributed by atoms with Crippen molar-refractivity contribution < 1.29 is 12.8 Å². The number of rotatable bonds is 8. The van der Waals surface area contributed by atoms with E-state index in [-0.39, 0.29) is 11.6 Å². The summed E-state index contributed by atoms with van der Waals surface area (Å²) in [4.78, 5) is 9.13. The fourth-order valence-electron chi connectivity index (χ4n) is 3.72. The van der Waals surface area contributed by atoms with Crippen LogP contribution in [0.1, 0.15) is 25.0 Å². The number of likely N-dealkylation sites (N-methyl/N-ethyl adjacent to an activating group) is 1. The largest absolute Gasteiger partial charge is 0.355 e. The zero-order valence-electron chi connectivity index (χ0n) is 18.8. The molecule has 1 saturated heterocycles. The summed E-state index contributed by atoms with van der Waals surface area (Å²) in [5.41, 5.74) is 1.21. The van der Waals surface area contributed by atoms with Crippen LogP contribution in [0.15, 0.2) is 23.2 Å². The molecule has 1 heterocycles. The summed E-state index contributed by atoms with van der Waals surface area (Å²) >= 11 is 0. The van der Waals surface area contributed by atoms with Crippen LogP contribution in [0, 0.1) is 11.7 Å². The van der Waals surface area contributed by atoms with Crippen molar-refractivity contribution in [3.63, 3.8) is 0 Å². The van der Waals surface area contributed by atoms with E-state index in [4.69, 9.17) is 0 Å². The molecule has 1 aliphatic rings. The summed E-state index contributed by atoms with van der Waals surface area (Å²) < 4.78 is 37.1. The Morgan fingerprint density at radius 2 is 1.83 bits per heavy atom. The van der Waals surface area contributed by atoms with Gasteiger partial charge in [-0.1, -0.05) is 19.9 Å². The van der Waals surface area contributed by atoms with Crippen LogP contribution in [0.2, 0.25) is 0 Å². The second-order valence-corrected chi connectivity index (χ2v) is 10.6. The van der Waals surface area contributed by atoms with Gasteiger partial charge in [0.25, 0.3) is 0 Å². The zero-order chi connectivity index (χ0) is 22.3. The normalized spacial score (nSPS) is 17.9. The van der Waals surface area contributed by atoms with E-state index in [2.05, 4.69) is 46.3 Å². The van der Waals surface area contributed by atoms with E-state index < -0.39 is 9.84 Å². The van der Waals surface area contributed by atoms with Gasteiger partial charge < -0.3 is 15.5 Å². The number of hydrogen-bond acceptors (Lipinski definition) is 5. The summed E-state index contributed by atoms with van der Waals surface area (Å²) in [5.74, 6) is 0.602. The Morgan fingerprint density at radius 1 is 1.17 bits per heavy atom. The molecule has 2 N–H and O–H groups in total. The second kappa shape index (κ2) is 11.1. The minimum Gasteiger partial charge on any atom is -0.355 e. The van der Waals surface area contributed by atoms with Gasteiger partial charge in [-0.25, -0.2) is 12.8 Å². The molecule has 1 aromatic carbocycles. The van der Waals surface area contributed by atoms with Gasteiger partial charge in [-0.2, -0.15) is 0 Å². The fraction of sp³-hybridized carbons (Fsp3) is 0.667. The number of nitrogens with zero attached hydrogens (tertiary/aromatic N) is 3. The third kappa shape index (κ3) is 7.85. The van der Waals surface area contributed by atoms with Crippen molar-refractivity contribution in [3.05, 3.63) is 35.1 Å². The molecule has 1 unspecified atom stereocenters. The van der Waals surface area contributed by atoms with E-state index in [1.54, 1.807) is 7.05 Å². The summed E-state index contributed by atoms with van der Waals surface area (Å²) in [6.07, 6.45) is 1.18. The molecule has 0 bridgehead atoms. The third-order valence-corrected chi connectivity index (χ3v) is 6.35. The lowest BCUT2D eigenvalue weighted by molar-refractivity contribution is 0.0900. The number of hydrogen-bond donors (Lipinski definition) is 2. The molecule has 1 fully saturated rings. The predicted molar refractivity (Wildman–Crippen MR) is 121 cm³/mol. The molecule has 170 valence electrons. The maximum Gasteiger partial charge on any atom is 0.191 e. The molecule has 7 nitrogen and oxygen atoms in total. The highest BCUT2D eigenvalue weighted by atomic mass is 32.2. The fourth-order valence-corrected chi connectivity index (χ4v) is 4.57. The van der Waals surface area contributed by atoms with Crippen LogP contribution in [0.25, 0.3) is 0 Å². The first-order valence-electron chi connectivity index (χ1n) is 10.4. The maximum absolute atomic E-state index is 13.7. The Hall–Kier alpha value is -1.71. The van der Waals surface area contributed by atoms with Gasteiger partial charge >= 0.3 is 0 Å². The van der Waals surface area contributed by atoms with Crippen LogP contribution in [0.3, 0.4) is 0 Å². The number of halogens is 1. The van der Waals surface area contributed by atoms with Crippen molar-refractivity contribution in [2.24, 2.45) is 10.9 Å². The van der Waals surface area contributed by atoms with Crippen molar-refractivity contribution >= 4 is 15.8 Å². The molecule has 1 aliphatic heterocycles. The van der Waals surface area contributed by atoms with E-state index in [9.17, 15) is 12.8 Å². The monoisotopic (exact) mass is 441 g/mol. The molecule has 9 heteroatoms. The van der Waals surface area contributed by atoms with Gasteiger partial charge in [0.1, 0.15) is 5.82 Å². The van der Waals surface area contributed by atoms with Crippen molar-refractivity contribution in [2.75, 3.05) is 53.1 Å². The molecule has 0 amide bonds. The quantitative estimate of drug-likeness (QED) is 0.468. The highest BCUT2D eigenvalue weighted by molar-refractivity contribution is 7.89. The van der Waals surface area contributed by atoms with Gasteiger partial charge in [0.05, 0.1) is 5.75 Å². The van der Waals surface area contributed by atoms with E-state index >= 15 is 0 Å². The Labute approximate surface area is 180 Å². The summed E-state index contributed by atoms with van der Waals surface area (Å²) in [7, 11) is 0.633. The number of nitrogens with one attached hydrogen (secondary N) is 2. The lowest BCUT2D eigenvalue weighted by Gasteiger charge is -2.40. The van der Waals surface area contributed by atoms with Crippen molar-refractivity contribution in [3.8, 4) is 0 Å². The molecule has 1 atom stereocenters. The van der Waals surface area contributed by atoms with Gasteiger partial charge in [-0.15, -0.1) is 0 Å². The Kier molecular flexibility index (Phi) is 9.06. The number of sulfone groups is 1. The van der Waals surface area contributed by atoms with E-state index in [1.807, 2.05) is 0 Å².